The average molecular weight is 467 g/mol. The van der Waals surface area contributed by atoms with E-state index in [0.29, 0.717) is 22.9 Å². The van der Waals surface area contributed by atoms with Crippen LogP contribution in [-0.2, 0) is 19.6 Å². The van der Waals surface area contributed by atoms with Crippen LogP contribution in [0.1, 0.15) is 17.3 Å². The lowest BCUT2D eigenvalue weighted by atomic mass is 10.1. The minimum absolute atomic E-state index is 0.0864. The number of carbonyl (C=O) groups excluding carboxylic acids is 2. The van der Waals surface area contributed by atoms with Crippen LogP contribution in [0.5, 0.6) is 17.2 Å². The number of carbonyl (C=O) groups is 2. The quantitative estimate of drug-likeness (QED) is 0.530. The summed E-state index contributed by atoms with van der Waals surface area (Å²) in [5, 5.41) is 2.59. The number of benzene rings is 2. The second kappa shape index (κ2) is 10.7. The van der Waals surface area contributed by atoms with Gasteiger partial charge in [0.1, 0.15) is 5.75 Å². The van der Waals surface area contributed by atoms with Crippen LogP contribution in [0.2, 0.25) is 0 Å². The molecule has 10 nitrogen and oxygen atoms in total. The van der Waals surface area contributed by atoms with E-state index in [-0.39, 0.29) is 24.4 Å². The molecule has 0 heterocycles. The third-order valence-corrected chi connectivity index (χ3v) is 5.65. The molecule has 0 saturated heterocycles. The SMILES string of the molecule is CCN(c1ccc(OCC(=O)Nc2cc(OC)c(OC)cc2C(=O)OC)cc1)S(C)(=O)=O. The fraction of sp³-hybridized carbons (Fsp3) is 0.333. The van der Waals surface area contributed by atoms with E-state index in [0.717, 1.165) is 6.26 Å². The highest BCUT2D eigenvalue weighted by Gasteiger charge is 2.19. The maximum atomic E-state index is 12.4. The Morgan fingerprint density at radius 2 is 1.59 bits per heavy atom. The summed E-state index contributed by atoms with van der Waals surface area (Å²) in [5.41, 5.74) is 0.744. The number of hydrogen-bond acceptors (Lipinski definition) is 8. The zero-order valence-electron chi connectivity index (χ0n) is 18.5. The van der Waals surface area contributed by atoms with Gasteiger partial charge < -0.3 is 24.3 Å². The maximum absolute atomic E-state index is 12.4. The molecule has 2 aromatic rings. The molecule has 0 aliphatic rings. The van der Waals surface area contributed by atoms with Gasteiger partial charge in [-0.05, 0) is 31.2 Å². The largest absolute Gasteiger partial charge is 0.493 e. The highest BCUT2D eigenvalue weighted by molar-refractivity contribution is 7.92. The van der Waals surface area contributed by atoms with Gasteiger partial charge >= 0.3 is 5.97 Å². The van der Waals surface area contributed by atoms with Crippen LogP contribution in [0.25, 0.3) is 0 Å². The van der Waals surface area contributed by atoms with E-state index >= 15 is 0 Å². The molecular formula is C21H26N2O8S. The first kappa shape index (κ1) is 24.8. The van der Waals surface area contributed by atoms with E-state index in [1.165, 1.54) is 37.8 Å². The number of nitrogens with one attached hydrogen (secondary N) is 1. The molecule has 2 rings (SSSR count). The lowest BCUT2D eigenvalue weighted by molar-refractivity contribution is -0.118. The van der Waals surface area contributed by atoms with Crippen LogP contribution < -0.4 is 23.8 Å². The molecule has 0 saturated carbocycles. The Hall–Kier alpha value is -3.47. The predicted octanol–water partition coefficient (Wildman–Crippen LogP) is 2.29. The van der Waals surface area contributed by atoms with Crippen LogP contribution in [0.3, 0.4) is 0 Å². The zero-order chi connectivity index (χ0) is 23.9. The summed E-state index contributed by atoms with van der Waals surface area (Å²) in [6.45, 7) is 1.67. The summed E-state index contributed by atoms with van der Waals surface area (Å²) in [6.07, 6.45) is 1.13. The minimum Gasteiger partial charge on any atom is -0.493 e. The molecule has 2 aromatic carbocycles. The molecule has 0 fully saturated rings. The van der Waals surface area contributed by atoms with Gasteiger partial charge in [-0.2, -0.15) is 0 Å². The van der Waals surface area contributed by atoms with Gasteiger partial charge in [-0.15, -0.1) is 0 Å². The monoisotopic (exact) mass is 466 g/mol. The van der Waals surface area contributed by atoms with Crippen LogP contribution in [0.15, 0.2) is 36.4 Å². The second-order valence-corrected chi connectivity index (χ2v) is 8.41. The van der Waals surface area contributed by atoms with Crippen molar-refractivity contribution < 1.29 is 37.0 Å². The number of hydrogen-bond donors (Lipinski definition) is 1. The molecule has 0 aliphatic carbocycles. The van der Waals surface area contributed by atoms with Crippen molar-refractivity contribution in [1.29, 1.82) is 0 Å². The van der Waals surface area contributed by atoms with Gasteiger partial charge in [-0.1, -0.05) is 0 Å². The van der Waals surface area contributed by atoms with E-state index < -0.39 is 21.9 Å². The summed E-state index contributed by atoms with van der Waals surface area (Å²) in [4.78, 5) is 24.5. The minimum atomic E-state index is -3.39. The van der Waals surface area contributed by atoms with E-state index in [1.807, 2.05) is 0 Å². The van der Waals surface area contributed by atoms with Gasteiger partial charge in [0.15, 0.2) is 18.1 Å². The van der Waals surface area contributed by atoms with Gasteiger partial charge in [0, 0.05) is 18.7 Å². The maximum Gasteiger partial charge on any atom is 0.340 e. The third kappa shape index (κ3) is 6.03. The Bertz CT molecular complexity index is 1070. The van der Waals surface area contributed by atoms with Crippen molar-refractivity contribution in [1.82, 2.24) is 0 Å². The van der Waals surface area contributed by atoms with Crippen LogP contribution in [-0.4, -0.2) is 61.0 Å². The van der Waals surface area contributed by atoms with E-state index in [2.05, 4.69) is 5.32 Å². The third-order valence-electron chi connectivity index (χ3n) is 4.39. The predicted molar refractivity (Wildman–Crippen MR) is 119 cm³/mol. The molecule has 32 heavy (non-hydrogen) atoms. The van der Waals surface area contributed by atoms with Crippen LogP contribution in [0, 0.1) is 0 Å². The molecule has 0 unspecified atom stereocenters. The molecule has 174 valence electrons. The van der Waals surface area contributed by atoms with Gasteiger partial charge in [0.05, 0.1) is 44.5 Å². The van der Waals surface area contributed by atoms with Crippen molar-refractivity contribution in [2.24, 2.45) is 0 Å². The fourth-order valence-electron chi connectivity index (χ4n) is 2.91. The number of rotatable bonds is 10. The van der Waals surface area contributed by atoms with Crippen molar-refractivity contribution in [3.63, 3.8) is 0 Å². The lowest BCUT2D eigenvalue weighted by Gasteiger charge is -2.20. The highest BCUT2D eigenvalue weighted by Crippen LogP contribution is 2.33. The molecule has 0 radical (unpaired) electrons. The van der Waals surface area contributed by atoms with Crippen molar-refractivity contribution >= 4 is 33.3 Å². The average Bonchev–Trinajstić information content (AvgIpc) is 2.77. The van der Waals surface area contributed by atoms with Crippen LogP contribution >= 0.6 is 0 Å². The fourth-order valence-corrected chi connectivity index (χ4v) is 3.89. The van der Waals surface area contributed by atoms with Crippen molar-refractivity contribution in [2.45, 2.75) is 6.92 Å². The number of anilines is 2. The summed E-state index contributed by atoms with van der Waals surface area (Å²) in [5.74, 6) is -0.202. The highest BCUT2D eigenvalue weighted by atomic mass is 32.2. The number of sulfonamides is 1. The Labute approximate surface area is 187 Å². The Balaban J connectivity index is 2.12. The smallest absolute Gasteiger partial charge is 0.340 e. The molecule has 0 spiro atoms. The Morgan fingerprint density at radius 3 is 2.09 bits per heavy atom. The van der Waals surface area contributed by atoms with Crippen molar-refractivity contribution in [3.05, 3.63) is 42.0 Å². The summed E-state index contributed by atoms with van der Waals surface area (Å²) in [6, 6.07) is 9.14. The molecule has 0 atom stereocenters. The van der Waals surface area contributed by atoms with Gasteiger partial charge in [-0.3, -0.25) is 9.10 Å². The molecule has 0 aromatic heterocycles. The molecule has 11 heteroatoms. The van der Waals surface area contributed by atoms with Gasteiger partial charge in [-0.25, -0.2) is 13.2 Å². The molecule has 1 amide bonds. The Morgan fingerprint density at radius 1 is 1.00 bits per heavy atom. The summed E-state index contributed by atoms with van der Waals surface area (Å²) in [7, 11) is 0.680. The lowest BCUT2D eigenvalue weighted by Crippen LogP contribution is -2.29. The summed E-state index contributed by atoms with van der Waals surface area (Å²) < 4.78 is 45.5. The molecular weight excluding hydrogens is 440 g/mol. The first-order chi connectivity index (χ1) is 15.1. The van der Waals surface area contributed by atoms with Gasteiger partial charge in [0.2, 0.25) is 10.0 Å². The normalized spacial score (nSPS) is 10.8. The van der Waals surface area contributed by atoms with E-state index in [9.17, 15) is 18.0 Å². The number of nitrogens with zero attached hydrogens (tertiary/aromatic N) is 1. The zero-order valence-corrected chi connectivity index (χ0v) is 19.3. The number of amides is 1. The first-order valence-corrected chi connectivity index (χ1v) is 11.3. The molecule has 0 bridgehead atoms. The Kier molecular flexibility index (Phi) is 8.30. The standard InChI is InChI=1S/C21H26N2O8S/c1-6-23(32(5,26)27)14-7-9-15(10-8-14)31-13-20(24)22-17-12-19(29-3)18(28-2)11-16(17)21(25)30-4/h7-12H,6,13H2,1-5H3,(H,22,24). The number of esters is 1. The topological polar surface area (TPSA) is 120 Å². The van der Waals surface area contributed by atoms with Crippen molar-refractivity contribution in [2.75, 3.05) is 50.4 Å². The number of ether oxygens (including phenoxy) is 4. The van der Waals surface area contributed by atoms with E-state index in [4.69, 9.17) is 18.9 Å². The van der Waals surface area contributed by atoms with Gasteiger partial charge in [0.25, 0.3) is 5.91 Å². The molecule has 0 aliphatic heterocycles. The summed E-state index contributed by atoms with van der Waals surface area (Å²) >= 11 is 0. The first-order valence-electron chi connectivity index (χ1n) is 9.49. The number of methoxy groups -OCH3 is 3. The van der Waals surface area contributed by atoms with E-state index in [1.54, 1.807) is 31.2 Å². The van der Waals surface area contributed by atoms with Crippen LogP contribution in [0.4, 0.5) is 11.4 Å². The van der Waals surface area contributed by atoms with Crippen molar-refractivity contribution in [3.8, 4) is 17.2 Å². The second-order valence-electron chi connectivity index (χ2n) is 6.50. The molecule has 1 N–H and O–H groups in total.